The summed E-state index contributed by atoms with van der Waals surface area (Å²) < 4.78 is 60.0. The second-order valence-electron chi connectivity index (χ2n) is 2.90. The van der Waals surface area contributed by atoms with Gasteiger partial charge in [-0.3, -0.25) is 0 Å². The maximum absolute atomic E-state index is 13.2. The summed E-state index contributed by atoms with van der Waals surface area (Å²) in [5.74, 6) is -6.10. The molecule has 0 saturated heterocycles. The first-order chi connectivity index (χ1) is 6.71. The Hall–Kier alpha value is -0.750. The second kappa shape index (κ2) is 4.02. The Morgan fingerprint density at radius 1 is 1.33 bits per heavy atom. The SMILES string of the molecule is O=S(=O)(Cl)CC(F)(F)c1cccc(F)c1. The van der Waals surface area contributed by atoms with Gasteiger partial charge in [0.15, 0.2) is 0 Å². The minimum absolute atomic E-state index is 0.571. The molecule has 0 spiro atoms. The van der Waals surface area contributed by atoms with Gasteiger partial charge in [0, 0.05) is 16.2 Å². The van der Waals surface area contributed by atoms with Crippen LogP contribution in [0.2, 0.25) is 0 Å². The lowest BCUT2D eigenvalue weighted by Gasteiger charge is -2.14. The Morgan fingerprint density at radius 2 is 1.93 bits per heavy atom. The van der Waals surface area contributed by atoms with Crippen molar-refractivity contribution in [2.75, 3.05) is 5.75 Å². The lowest BCUT2D eigenvalue weighted by atomic mass is 10.1. The monoisotopic (exact) mass is 258 g/mol. The Bertz CT molecular complexity index is 459. The fourth-order valence-corrected chi connectivity index (χ4v) is 2.03. The molecule has 0 N–H and O–H groups in total. The summed E-state index contributed by atoms with van der Waals surface area (Å²) in [6.07, 6.45) is 0. The van der Waals surface area contributed by atoms with Gasteiger partial charge in [-0.1, -0.05) is 12.1 Å². The van der Waals surface area contributed by atoms with Crippen LogP contribution in [-0.4, -0.2) is 14.2 Å². The van der Waals surface area contributed by atoms with E-state index in [1.54, 1.807) is 0 Å². The van der Waals surface area contributed by atoms with Crippen molar-refractivity contribution in [2.45, 2.75) is 5.92 Å². The highest BCUT2D eigenvalue weighted by atomic mass is 35.7. The average Bonchev–Trinajstić information content (AvgIpc) is 1.99. The van der Waals surface area contributed by atoms with Crippen LogP contribution in [0, 0.1) is 5.82 Å². The number of hydrogen-bond donors (Lipinski definition) is 0. The normalized spacial score (nSPS) is 12.8. The zero-order chi connectivity index (χ0) is 11.7. The molecule has 0 radical (unpaired) electrons. The first kappa shape index (κ1) is 12.3. The third kappa shape index (κ3) is 3.71. The molecule has 1 rings (SSSR count). The Kier molecular flexibility index (Phi) is 3.30. The summed E-state index contributed by atoms with van der Waals surface area (Å²) in [7, 11) is 0.363. The summed E-state index contributed by atoms with van der Waals surface area (Å²) in [4.78, 5) is 0. The van der Waals surface area contributed by atoms with E-state index in [0.717, 1.165) is 18.2 Å². The number of benzene rings is 1. The van der Waals surface area contributed by atoms with Crippen molar-refractivity contribution in [3.8, 4) is 0 Å². The highest BCUT2D eigenvalue weighted by molar-refractivity contribution is 8.13. The molecule has 2 nitrogen and oxygen atoms in total. The summed E-state index contributed by atoms with van der Waals surface area (Å²) in [5, 5.41) is 0. The average molecular weight is 259 g/mol. The number of halogens is 4. The van der Waals surface area contributed by atoms with Gasteiger partial charge in [-0.2, -0.15) is 0 Å². The van der Waals surface area contributed by atoms with Crippen molar-refractivity contribution < 1.29 is 21.6 Å². The molecular formula is C8H6ClF3O2S. The van der Waals surface area contributed by atoms with Gasteiger partial charge < -0.3 is 0 Å². The molecule has 84 valence electrons. The Balaban J connectivity index is 3.06. The van der Waals surface area contributed by atoms with E-state index in [9.17, 15) is 21.6 Å². The zero-order valence-corrected chi connectivity index (χ0v) is 8.83. The van der Waals surface area contributed by atoms with Crippen molar-refractivity contribution in [3.63, 3.8) is 0 Å². The van der Waals surface area contributed by atoms with Gasteiger partial charge in [-0.25, -0.2) is 21.6 Å². The largest absolute Gasteiger partial charge is 0.288 e. The smallest absolute Gasteiger partial charge is 0.212 e. The van der Waals surface area contributed by atoms with E-state index in [2.05, 4.69) is 0 Å². The molecule has 1 aromatic rings. The minimum Gasteiger partial charge on any atom is -0.212 e. The molecule has 1 aromatic carbocycles. The molecule has 0 aliphatic heterocycles. The molecule has 7 heteroatoms. The van der Waals surface area contributed by atoms with Crippen LogP contribution >= 0.6 is 10.7 Å². The number of alkyl halides is 2. The fraction of sp³-hybridized carbons (Fsp3) is 0.250. The van der Waals surface area contributed by atoms with Crippen LogP contribution in [0.1, 0.15) is 5.56 Å². The number of rotatable bonds is 3. The lowest BCUT2D eigenvalue weighted by molar-refractivity contribution is 0.0214. The molecule has 0 heterocycles. The van der Waals surface area contributed by atoms with E-state index in [-0.39, 0.29) is 0 Å². The van der Waals surface area contributed by atoms with Gasteiger partial charge in [0.25, 0.3) is 5.92 Å². The van der Waals surface area contributed by atoms with Crippen molar-refractivity contribution >= 4 is 19.7 Å². The predicted molar refractivity (Wildman–Crippen MR) is 49.9 cm³/mol. The molecule has 0 aromatic heterocycles. The van der Waals surface area contributed by atoms with Crippen LogP contribution in [-0.2, 0) is 15.0 Å². The molecule has 0 aliphatic rings. The Labute approximate surface area is 89.1 Å². The third-order valence-electron chi connectivity index (χ3n) is 1.60. The summed E-state index contributed by atoms with van der Waals surface area (Å²) in [6, 6.07) is 3.56. The molecular weight excluding hydrogens is 253 g/mol. The summed E-state index contributed by atoms with van der Waals surface area (Å²) >= 11 is 0. The van der Waals surface area contributed by atoms with Gasteiger partial charge in [0.05, 0.1) is 0 Å². The summed E-state index contributed by atoms with van der Waals surface area (Å²) in [6.45, 7) is 0. The van der Waals surface area contributed by atoms with E-state index in [0.29, 0.717) is 6.07 Å². The van der Waals surface area contributed by atoms with Crippen LogP contribution in [0.15, 0.2) is 24.3 Å². The molecule has 0 fully saturated rings. The van der Waals surface area contributed by atoms with Crippen molar-refractivity contribution in [1.29, 1.82) is 0 Å². The topological polar surface area (TPSA) is 34.1 Å². The van der Waals surface area contributed by atoms with Crippen LogP contribution in [0.5, 0.6) is 0 Å². The highest BCUT2D eigenvalue weighted by Gasteiger charge is 2.37. The molecule has 0 bridgehead atoms. The standard InChI is InChI=1S/C8H6ClF3O2S/c9-15(13,14)5-8(11,12)6-2-1-3-7(10)4-6/h1-4H,5H2. The van der Waals surface area contributed by atoms with E-state index in [4.69, 9.17) is 10.7 Å². The lowest BCUT2D eigenvalue weighted by Crippen LogP contribution is -2.23. The number of hydrogen-bond acceptors (Lipinski definition) is 2. The molecule has 0 amide bonds. The third-order valence-corrected chi connectivity index (χ3v) is 2.64. The second-order valence-corrected chi connectivity index (χ2v) is 5.67. The van der Waals surface area contributed by atoms with Gasteiger partial charge in [0.2, 0.25) is 9.05 Å². The first-order valence-electron chi connectivity index (χ1n) is 3.77. The van der Waals surface area contributed by atoms with E-state index in [1.165, 1.54) is 0 Å². The molecule has 15 heavy (non-hydrogen) atoms. The maximum Gasteiger partial charge on any atom is 0.288 e. The molecule has 0 atom stereocenters. The van der Waals surface area contributed by atoms with Gasteiger partial charge in [0.1, 0.15) is 11.6 Å². The predicted octanol–water partition coefficient (Wildman–Crippen LogP) is 2.49. The molecule has 0 unspecified atom stereocenters. The Morgan fingerprint density at radius 3 is 2.40 bits per heavy atom. The van der Waals surface area contributed by atoms with Gasteiger partial charge in [-0.15, -0.1) is 0 Å². The van der Waals surface area contributed by atoms with Crippen LogP contribution in [0.3, 0.4) is 0 Å². The van der Waals surface area contributed by atoms with Crippen LogP contribution in [0.4, 0.5) is 13.2 Å². The van der Waals surface area contributed by atoms with E-state index >= 15 is 0 Å². The molecule has 0 saturated carbocycles. The molecule has 0 aliphatic carbocycles. The fourth-order valence-electron chi connectivity index (χ4n) is 1.02. The highest BCUT2D eigenvalue weighted by Crippen LogP contribution is 2.30. The van der Waals surface area contributed by atoms with Crippen molar-refractivity contribution in [2.24, 2.45) is 0 Å². The minimum atomic E-state index is -4.34. The first-order valence-corrected chi connectivity index (χ1v) is 6.25. The van der Waals surface area contributed by atoms with Crippen molar-refractivity contribution in [1.82, 2.24) is 0 Å². The quantitative estimate of drug-likeness (QED) is 0.781. The van der Waals surface area contributed by atoms with Crippen molar-refractivity contribution in [3.05, 3.63) is 35.6 Å². The zero-order valence-electron chi connectivity index (χ0n) is 7.25. The van der Waals surface area contributed by atoms with E-state index in [1.807, 2.05) is 0 Å². The van der Waals surface area contributed by atoms with Crippen LogP contribution in [0.25, 0.3) is 0 Å². The maximum atomic E-state index is 13.2. The van der Waals surface area contributed by atoms with Crippen LogP contribution < -0.4 is 0 Å². The van der Waals surface area contributed by atoms with E-state index < -0.39 is 32.1 Å². The van der Waals surface area contributed by atoms with Gasteiger partial charge >= 0.3 is 0 Å². The van der Waals surface area contributed by atoms with Gasteiger partial charge in [-0.05, 0) is 12.1 Å². The summed E-state index contributed by atoms with van der Waals surface area (Å²) in [5.41, 5.74) is -0.716.